The smallest absolute Gasteiger partial charge is 0.211 e. The van der Waals surface area contributed by atoms with Gasteiger partial charge in [0.05, 0.1) is 6.61 Å². The highest BCUT2D eigenvalue weighted by Crippen LogP contribution is 2.41. The number of hydrogen-bond acceptors (Lipinski definition) is 1. The summed E-state index contributed by atoms with van der Waals surface area (Å²) in [6.07, 6.45) is 0. The molecule has 0 amide bonds. The molecule has 0 fully saturated rings. The predicted octanol–water partition coefficient (Wildman–Crippen LogP) is 2.35. The first-order chi connectivity index (χ1) is 3.81. The van der Waals surface area contributed by atoms with Crippen molar-refractivity contribution in [1.82, 2.24) is 0 Å². The maximum absolute atomic E-state index is 8.54. The molecule has 0 aliphatic heterocycles. The first-order valence-corrected chi connectivity index (χ1v) is 3.69. The Morgan fingerprint density at radius 1 is 1.22 bits per heavy atom. The van der Waals surface area contributed by atoms with Crippen LogP contribution in [-0.4, -0.2) is 20.4 Å². The Bertz CT molecular complexity index is 95.2. The minimum Gasteiger partial charge on any atom is -0.394 e. The summed E-state index contributed by atoms with van der Waals surface area (Å²) in [7, 11) is 0. The molecule has 1 nitrogen and oxygen atoms in total. The predicted molar refractivity (Wildman–Crippen MR) is 41.6 cm³/mol. The van der Waals surface area contributed by atoms with E-state index in [9.17, 15) is 0 Å². The second-order valence-corrected chi connectivity index (χ2v) is 4.97. The molecule has 0 aromatic heterocycles. The highest BCUT2D eigenvalue weighted by Gasteiger charge is 2.42. The summed E-state index contributed by atoms with van der Waals surface area (Å²) >= 11 is 21.6. The molecule has 0 heterocycles. The van der Waals surface area contributed by atoms with E-state index in [0.29, 0.717) is 0 Å². The van der Waals surface area contributed by atoms with Gasteiger partial charge in [0, 0.05) is 0 Å². The number of hydrogen-bond donors (Lipinski definition) is 1. The molecule has 56 valence electrons. The van der Waals surface area contributed by atoms with Gasteiger partial charge >= 0.3 is 0 Å². The number of aliphatic hydroxyl groups excluding tert-OH is 1. The van der Waals surface area contributed by atoms with E-state index in [1.54, 1.807) is 0 Å². The van der Waals surface area contributed by atoms with Crippen LogP contribution in [0.15, 0.2) is 0 Å². The minimum atomic E-state index is -1.62. The van der Waals surface area contributed by atoms with Crippen LogP contribution in [0.4, 0.5) is 0 Å². The van der Waals surface area contributed by atoms with Crippen molar-refractivity contribution in [3.05, 3.63) is 0 Å². The molecule has 9 heavy (non-hydrogen) atoms. The fraction of sp³-hybridized carbons (Fsp3) is 1.00. The fourth-order valence-electron chi connectivity index (χ4n) is 0.0896. The first-order valence-electron chi connectivity index (χ1n) is 2.18. The normalized spacial score (nSPS) is 19.3. The number of rotatable bonds is 1. The zero-order valence-corrected chi connectivity index (χ0v) is 7.69. The fourth-order valence-corrected chi connectivity index (χ4v) is 0.269. The topological polar surface area (TPSA) is 20.2 Å². The second kappa shape index (κ2) is 3.02. The van der Waals surface area contributed by atoms with E-state index in [-0.39, 0.29) is 6.61 Å². The molecule has 0 aliphatic carbocycles. The molecule has 0 saturated carbocycles. The van der Waals surface area contributed by atoms with Gasteiger partial charge in [-0.15, -0.1) is 11.6 Å². The van der Waals surface area contributed by atoms with Gasteiger partial charge in [0.25, 0.3) is 0 Å². The molecule has 5 heteroatoms. The van der Waals surface area contributed by atoms with Gasteiger partial charge in [0.15, 0.2) is 0 Å². The third-order valence-corrected chi connectivity index (χ3v) is 2.83. The van der Waals surface area contributed by atoms with E-state index in [4.69, 9.17) is 51.5 Å². The summed E-state index contributed by atoms with van der Waals surface area (Å²) in [5.74, 6) is 0. The Kier molecular flexibility index (Phi) is 3.39. The van der Waals surface area contributed by atoms with Crippen molar-refractivity contribution in [2.45, 2.75) is 15.6 Å². The van der Waals surface area contributed by atoms with Crippen LogP contribution in [0.5, 0.6) is 0 Å². The van der Waals surface area contributed by atoms with E-state index in [1.165, 1.54) is 6.92 Å². The summed E-state index contributed by atoms with van der Waals surface area (Å²) in [5.41, 5.74) is 0. The average Bonchev–Trinajstić information content (AvgIpc) is 1.64. The van der Waals surface area contributed by atoms with Gasteiger partial charge in [-0.2, -0.15) is 0 Å². The van der Waals surface area contributed by atoms with Crippen molar-refractivity contribution in [3.8, 4) is 0 Å². The van der Waals surface area contributed by atoms with Crippen molar-refractivity contribution in [1.29, 1.82) is 0 Å². The molecule has 1 unspecified atom stereocenters. The van der Waals surface area contributed by atoms with Gasteiger partial charge in [0.1, 0.15) is 4.87 Å². The Morgan fingerprint density at radius 3 is 1.56 bits per heavy atom. The number of halogens is 4. The molecule has 0 aromatic carbocycles. The van der Waals surface area contributed by atoms with Crippen molar-refractivity contribution in [2.75, 3.05) is 6.61 Å². The van der Waals surface area contributed by atoms with E-state index in [1.807, 2.05) is 0 Å². The van der Waals surface area contributed by atoms with E-state index >= 15 is 0 Å². The van der Waals surface area contributed by atoms with Gasteiger partial charge in [-0.05, 0) is 6.92 Å². The molecule has 0 aliphatic rings. The second-order valence-electron chi connectivity index (χ2n) is 1.85. The van der Waals surface area contributed by atoms with Crippen molar-refractivity contribution in [3.63, 3.8) is 0 Å². The quantitative estimate of drug-likeness (QED) is 0.661. The third-order valence-electron chi connectivity index (χ3n) is 0.888. The van der Waals surface area contributed by atoms with Gasteiger partial charge in [0.2, 0.25) is 3.79 Å². The Morgan fingerprint density at radius 2 is 1.56 bits per heavy atom. The standard InChI is InChI=1S/C4H6Cl4O/c1-3(5,2-9)4(6,7)8/h9H,2H2,1H3. The Hall–Kier alpha value is 1.12. The number of aliphatic hydroxyl groups is 1. The first kappa shape index (κ1) is 10.1. The van der Waals surface area contributed by atoms with Crippen LogP contribution in [-0.2, 0) is 0 Å². The zero-order valence-electron chi connectivity index (χ0n) is 4.67. The van der Waals surface area contributed by atoms with Crippen LogP contribution in [0.2, 0.25) is 0 Å². The molecule has 0 rings (SSSR count). The van der Waals surface area contributed by atoms with Gasteiger partial charge in [-0.1, -0.05) is 34.8 Å². The van der Waals surface area contributed by atoms with E-state index in [0.717, 1.165) is 0 Å². The van der Waals surface area contributed by atoms with E-state index in [2.05, 4.69) is 0 Å². The molecule has 0 aromatic rings. The van der Waals surface area contributed by atoms with Gasteiger partial charge in [-0.3, -0.25) is 0 Å². The SMILES string of the molecule is CC(Cl)(CO)C(Cl)(Cl)Cl. The van der Waals surface area contributed by atoms with E-state index < -0.39 is 8.67 Å². The highest BCUT2D eigenvalue weighted by molar-refractivity contribution is 6.71. The molecular formula is C4H6Cl4O. The van der Waals surface area contributed by atoms with Crippen LogP contribution >= 0.6 is 46.4 Å². The van der Waals surface area contributed by atoms with Crippen LogP contribution in [0.25, 0.3) is 0 Å². The van der Waals surface area contributed by atoms with Gasteiger partial charge in [-0.25, -0.2) is 0 Å². The van der Waals surface area contributed by atoms with Gasteiger partial charge < -0.3 is 5.11 Å². The lowest BCUT2D eigenvalue weighted by Crippen LogP contribution is -2.37. The summed E-state index contributed by atoms with van der Waals surface area (Å²) in [5, 5.41) is 8.54. The summed E-state index contributed by atoms with van der Waals surface area (Å²) in [6, 6.07) is 0. The lowest BCUT2D eigenvalue weighted by molar-refractivity contribution is 0.254. The van der Waals surface area contributed by atoms with Crippen LogP contribution in [0.1, 0.15) is 6.92 Å². The average molecular weight is 212 g/mol. The number of alkyl halides is 4. The van der Waals surface area contributed by atoms with Crippen molar-refractivity contribution >= 4 is 46.4 Å². The highest BCUT2D eigenvalue weighted by atomic mass is 35.6. The molecule has 0 bridgehead atoms. The molecule has 0 radical (unpaired) electrons. The Balaban J connectivity index is 4.14. The summed E-state index contributed by atoms with van der Waals surface area (Å²) in [6.45, 7) is 1.08. The third kappa shape index (κ3) is 2.69. The van der Waals surface area contributed by atoms with Crippen LogP contribution < -0.4 is 0 Å². The molecule has 0 spiro atoms. The Labute approximate surface area is 73.8 Å². The van der Waals surface area contributed by atoms with Crippen LogP contribution in [0.3, 0.4) is 0 Å². The molecule has 0 saturated heterocycles. The van der Waals surface area contributed by atoms with Crippen molar-refractivity contribution < 1.29 is 5.11 Å². The zero-order chi connectivity index (χ0) is 7.71. The summed E-state index contributed by atoms with van der Waals surface area (Å²) in [4.78, 5) is -1.20. The lowest BCUT2D eigenvalue weighted by Gasteiger charge is -2.26. The maximum atomic E-state index is 8.54. The van der Waals surface area contributed by atoms with Crippen LogP contribution in [0, 0.1) is 0 Å². The minimum absolute atomic E-state index is 0.370. The van der Waals surface area contributed by atoms with Crippen molar-refractivity contribution in [2.24, 2.45) is 0 Å². The maximum Gasteiger partial charge on any atom is 0.211 e. The lowest BCUT2D eigenvalue weighted by atomic mass is 10.2. The molecular weight excluding hydrogens is 206 g/mol. The molecule has 1 N–H and O–H groups in total. The summed E-state index contributed by atoms with van der Waals surface area (Å²) < 4.78 is -1.62. The largest absolute Gasteiger partial charge is 0.394 e. The molecule has 1 atom stereocenters. The monoisotopic (exact) mass is 210 g/mol.